The van der Waals surface area contributed by atoms with E-state index in [-0.39, 0.29) is 33.9 Å². The van der Waals surface area contributed by atoms with E-state index < -0.39 is 0 Å². The van der Waals surface area contributed by atoms with Crippen molar-refractivity contribution in [2.75, 3.05) is 0 Å². The fourth-order valence-electron chi connectivity index (χ4n) is 13.4. The fraction of sp³-hybridized carbons (Fsp3) is 0.574. The number of aliphatic hydroxyl groups is 2. The van der Waals surface area contributed by atoms with Crippen LogP contribution in [0.3, 0.4) is 0 Å². The normalized spacial score (nSPS) is 34.5. The van der Waals surface area contributed by atoms with Gasteiger partial charge in [0.05, 0.1) is 12.2 Å². The summed E-state index contributed by atoms with van der Waals surface area (Å²) in [6.45, 7) is 28.3. The maximum Gasteiger partial charge on any atom is 0.155 e. The molecule has 0 radical (unpaired) electrons. The molecule has 0 aliphatic heterocycles. The van der Waals surface area contributed by atoms with Crippen molar-refractivity contribution in [3.8, 4) is 0 Å². The summed E-state index contributed by atoms with van der Waals surface area (Å²) in [5, 5.41) is 20.2. The molecule has 3 saturated carbocycles. The number of hydrogen-bond acceptors (Lipinski definition) is 4. The molecule has 4 nitrogen and oxygen atoms in total. The van der Waals surface area contributed by atoms with Crippen molar-refractivity contribution in [1.29, 1.82) is 0 Å². The first-order valence-electron chi connectivity index (χ1n) is 25.0. The van der Waals surface area contributed by atoms with Crippen LogP contribution in [0.15, 0.2) is 142 Å². The Morgan fingerprint density at radius 2 is 1.29 bits per heavy atom. The average molecular weight is 883 g/mol. The molecular weight excluding hydrogens is 797 g/mol. The molecule has 3 fully saturated rings. The lowest BCUT2D eigenvalue weighted by atomic mass is 9.47. The number of carbonyl (C=O) groups excluding carboxylic acids is 2. The van der Waals surface area contributed by atoms with Gasteiger partial charge in [0.1, 0.15) is 5.78 Å². The van der Waals surface area contributed by atoms with Crippen molar-refractivity contribution in [3.63, 3.8) is 0 Å². The summed E-state index contributed by atoms with van der Waals surface area (Å²) in [7, 11) is 0. The van der Waals surface area contributed by atoms with Crippen LogP contribution in [0.25, 0.3) is 0 Å². The highest BCUT2D eigenvalue weighted by atomic mass is 16.3. The Hall–Kier alpha value is -3.86. The van der Waals surface area contributed by atoms with Crippen molar-refractivity contribution in [3.05, 3.63) is 142 Å². The monoisotopic (exact) mass is 883 g/mol. The summed E-state index contributed by atoms with van der Waals surface area (Å²) in [4.78, 5) is 24.0. The minimum atomic E-state index is -0.331. The van der Waals surface area contributed by atoms with Gasteiger partial charge >= 0.3 is 0 Å². The molecule has 0 aromatic rings. The Balaban J connectivity index is 0.000000286. The standard InChI is InChI=1S/C40H56O2.C21H30O2/c1-29(17-13-19-31(3)21-23-37-33(5)25-35(41)27-39(37,7)8)15-11-12-16-30(2)18-14-20-32(4)22-24-38-34(6)26-36(42)28-40(38,9)10;1-13(22)17-6-7-18-16-5-4-14-12-15(23)8-10-20(14,2)19(16)9-11-21(17,18)3/h11-25,35-37,41-42H,26-28H2,1-10H3;12,16-19H,4-11H2,1-3H3/b12-11+,17-13+,18-14+,23-21+,24-22+,29-15+,30-16+,31-19+,32-20+;/t35-,36+,37-;16-,17+,18-,19-,20-,21+/m00/s1. The summed E-state index contributed by atoms with van der Waals surface area (Å²) in [5.41, 5.74) is 10.7. The molecule has 4 heteroatoms. The second-order valence-corrected chi connectivity index (χ2v) is 23.0. The number of fused-ring (bicyclic) bond motifs is 5. The summed E-state index contributed by atoms with van der Waals surface area (Å²) in [6.07, 6.45) is 44.7. The molecule has 0 heterocycles. The lowest BCUT2D eigenvalue weighted by Gasteiger charge is -2.58. The van der Waals surface area contributed by atoms with E-state index in [1.54, 1.807) is 6.92 Å². The molecule has 0 saturated heterocycles. The van der Waals surface area contributed by atoms with Crippen LogP contribution in [0.5, 0.6) is 0 Å². The van der Waals surface area contributed by atoms with Gasteiger partial charge in [0.25, 0.3) is 0 Å². The van der Waals surface area contributed by atoms with Crippen molar-refractivity contribution in [2.45, 2.75) is 173 Å². The molecule has 65 heavy (non-hydrogen) atoms. The van der Waals surface area contributed by atoms with E-state index in [0.717, 1.165) is 62.7 Å². The maximum absolute atomic E-state index is 12.1. The Bertz CT molecular complexity index is 2150. The predicted octanol–water partition coefficient (Wildman–Crippen LogP) is 15.1. The van der Waals surface area contributed by atoms with Gasteiger partial charge < -0.3 is 10.2 Å². The highest BCUT2D eigenvalue weighted by Crippen LogP contribution is 2.66. The molecule has 354 valence electrons. The molecule has 0 aromatic carbocycles. The smallest absolute Gasteiger partial charge is 0.155 e. The molecule has 2 N–H and O–H groups in total. The minimum Gasteiger partial charge on any atom is -0.393 e. The number of carbonyl (C=O) groups is 2. The van der Waals surface area contributed by atoms with E-state index >= 15 is 0 Å². The van der Waals surface area contributed by atoms with E-state index in [1.165, 1.54) is 70.3 Å². The minimum absolute atomic E-state index is 0.00528. The lowest BCUT2D eigenvalue weighted by Crippen LogP contribution is -2.51. The number of allylic oxidation sites excluding steroid dienone is 21. The van der Waals surface area contributed by atoms with Gasteiger partial charge in [0, 0.05) is 18.3 Å². The van der Waals surface area contributed by atoms with Gasteiger partial charge in [0.15, 0.2) is 5.78 Å². The van der Waals surface area contributed by atoms with Crippen LogP contribution >= 0.6 is 0 Å². The van der Waals surface area contributed by atoms with Gasteiger partial charge in [0.2, 0.25) is 0 Å². The topological polar surface area (TPSA) is 74.6 Å². The highest BCUT2D eigenvalue weighted by molar-refractivity contribution is 5.91. The molecule has 0 aromatic heterocycles. The van der Waals surface area contributed by atoms with E-state index in [0.29, 0.717) is 23.4 Å². The van der Waals surface area contributed by atoms with E-state index in [9.17, 15) is 19.8 Å². The molecule has 0 amide bonds. The number of rotatable bonds is 11. The van der Waals surface area contributed by atoms with Crippen molar-refractivity contribution < 1.29 is 19.8 Å². The first kappa shape index (κ1) is 52.1. The number of hydrogen-bond donors (Lipinski definition) is 2. The summed E-state index contributed by atoms with van der Waals surface area (Å²) < 4.78 is 0. The van der Waals surface area contributed by atoms with E-state index in [1.807, 2.05) is 12.2 Å². The van der Waals surface area contributed by atoms with Crippen LogP contribution in [-0.2, 0) is 9.59 Å². The quantitative estimate of drug-likeness (QED) is 0.160. The van der Waals surface area contributed by atoms with Crippen LogP contribution in [0.1, 0.15) is 161 Å². The fourth-order valence-corrected chi connectivity index (χ4v) is 13.4. The first-order chi connectivity index (χ1) is 30.5. The Labute approximate surface area is 395 Å². The van der Waals surface area contributed by atoms with Crippen LogP contribution in [-0.4, -0.2) is 34.0 Å². The maximum atomic E-state index is 12.1. The Kier molecular flexibility index (Phi) is 17.5. The third-order valence-electron chi connectivity index (χ3n) is 16.8. The van der Waals surface area contributed by atoms with Gasteiger partial charge in [-0.25, -0.2) is 0 Å². The molecule has 0 unspecified atom stereocenters. The number of aliphatic hydroxyl groups excluding tert-OH is 2. The largest absolute Gasteiger partial charge is 0.393 e. The predicted molar refractivity (Wildman–Crippen MR) is 275 cm³/mol. The Morgan fingerprint density at radius 1 is 0.692 bits per heavy atom. The first-order valence-corrected chi connectivity index (χ1v) is 25.0. The average Bonchev–Trinajstić information content (AvgIpc) is 3.56. The SMILES string of the molecule is CC(=O)[C@H]1CC[C@H]2[C@@H]3CCC4=CC(=O)CC[C@]4(C)[C@H]3CC[C@]12C.CC1=C[C@H](O)CC(C)(C)[C@H]1/C=C/C(C)=C/C=C/C(C)=C/C=C/C=C(C)/C=C/C=C(C)/C=C/C1=C(C)C[C@@H](O)CC1(C)C. The number of Topliss-reactive ketones (excluding diaryl/α,β-unsaturated/α-hetero) is 1. The van der Waals surface area contributed by atoms with Gasteiger partial charge in [-0.15, -0.1) is 0 Å². The zero-order valence-corrected chi connectivity index (χ0v) is 42.8. The highest BCUT2D eigenvalue weighted by Gasteiger charge is 2.59. The van der Waals surface area contributed by atoms with Crippen molar-refractivity contribution >= 4 is 11.6 Å². The van der Waals surface area contributed by atoms with E-state index in [4.69, 9.17) is 0 Å². The molecule has 9 atom stereocenters. The zero-order chi connectivity index (χ0) is 47.9. The molecule has 6 rings (SSSR count). The number of ketones is 2. The molecule has 6 aliphatic carbocycles. The van der Waals surface area contributed by atoms with Crippen LogP contribution in [0, 0.1) is 51.2 Å². The summed E-state index contributed by atoms with van der Waals surface area (Å²) in [5.74, 6) is 3.64. The lowest BCUT2D eigenvalue weighted by molar-refractivity contribution is -0.128. The van der Waals surface area contributed by atoms with Crippen molar-refractivity contribution in [2.24, 2.45) is 51.2 Å². The van der Waals surface area contributed by atoms with E-state index in [2.05, 4.69) is 168 Å². The Morgan fingerprint density at radius 3 is 1.89 bits per heavy atom. The summed E-state index contributed by atoms with van der Waals surface area (Å²) in [6, 6.07) is 0. The molecule has 0 spiro atoms. The third kappa shape index (κ3) is 13.0. The second kappa shape index (κ2) is 21.8. The van der Waals surface area contributed by atoms with Crippen LogP contribution < -0.4 is 0 Å². The van der Waals surface area contributed by atoms with Crippen LogP contribution in [0.4, 0.5) is 0 Å². The third-order valence-corrected chi connectivity index (χ3v) is 16.8. The van der Waals surface area contributed by atoms with Crippen LogP contribution in [0.2, 0.25) is 0 Å². The molecule has 0 bridgehead atoms. The second-order valence-electron chi connectivity index (χ2n) is 23.0. The van der Waals surface area contributed by atoms with Gasteiger partial charge in [-0.3, -0.25) is 9.59 Å². The van der Waals surface area contributed by atoms with Gasteiger partial charge in [-0.1, -0.05) is 172 Å². The van der Waals surface area contributed by atoms with Gasteiger partial charge in [-0.2, -0.15) is 0 Å². The molecular formula is C61H86O4. The molecule has 6 aliphatic rings. The van der Waals surface area contributed by atoms with Gasteiger partial charge in [-0.05, 0) is 164 Å². The van der Waals surface area contributed by atoms with Crippen molar-refractivity contribution in [1.82, 2.24) is 0 Å². The summed E-state index contributed by atoms with van der Waals surface area (Å²) >= 11 is 0. The zero-order valence-electron chi connectivity index (χ0n) is 42.8.